The van der Waals surface area contributed by atoms with E-state index in [1.807, 2.05) is 12.1 Å². The molecule has 0 spiro atoms. The van der Waals surface area contributed by atoms with Crippen LogP contribution in [0.4, 0.5) is 13.2 Å². The van der Waals surface area contributed by atoms with E-state index in [2.05, 4.69) is 10.1 Å². The fourth-order valence-corrected chi connectivity index (χ4v) is 3.88. The molecule has 0 aliphatic heterocycles. The third-order valence-corrected chi connectivity index (χ3v) is 5.52. The van der Waals surface area contributed by atoms with Crippen LogP contribution in [0.15, 0.2) is 47.6 Å². The molecule has 27 heavy (non-hydrogen) atoms. The first-order valence-electron chi connectivity index (χ1n) is 8.10. The molecule has 5 nitrogen and oxygen atoms in total. The van der Waals surface area contributed by atoms with E-state index in [0.29, 0.717) is 17.7 Å². The summed E-state index contributed by atoms with van der Waals surface area (Å²) in [5.74, 6) is 0. The molecule has 4 rings (SSSR count). The van der Waals surface area contributed by atoms with Crippen molar-refractivity contribution in [2.75, 3.05) is 6.26 Å². The highest BCUT2D eigenvalue weighted by Crippen LogP contribution is 2.42. The topological polar surface area (TPSA) is 64.8 Å². The summed E-state index contributed by atoms with van der Waals surface area (Å²) in [6.45, 7) is 0. The second kappa shape index (κ2) is 5.91. The molecule has 1 aliphatic carbocycles. The summed E-state index contributed by atoms with van der Waals surface area (Å²) in [6.07, 6.45) is -1.61. The fourth-order valence-electron chi connectivity index (χ4n) is 3.32. The zero-order chi connectivity index (χ0) is 19.4. The van der Waals surface area contributed by atoms with E-state index in [4.69, 9.17) is 0 Å². The number of aryl methyl sites for hydroxylation is 1. The minimum absolute atomic E-state index is 0.147. The maximum Gasteiger partial charge on any atom is 0.435 e. The molecule has 0 atom stereocenters. The number of fused-ring (bicyclic) bond motifs is 3. The maximum absolute atomic E-state index is 13.5. The molecule has 3 aromatic rings. The van der Waals surface area contributed by atoms with E-state index >= 15 is 0 Å². The number of pyridine rings is 1. The fraction of sp³-hybridized carbons (Fsp3) is 0.222. The van der Waals surface area contributed by atoms with Gasteiger partial charge in [0, 0.05) is 17.4 Å². The summed E-state index contributed by atoms with van der Waals surface area (Å²) >= 11 is 0. The van der Waals surface area contributed by atoms with Crippen molar-refractivity contribution in [3.63, 3.8) is 0 Å². The Morgan fingerprint density at radius 3 is 2.44 bits per heavy atom. The first-order chi connectivity index (χ1) is 12.7. The number of halogens is 3. The minimum Gasteiger partial charge on any atom is -0.242 e. The monoisotopic (exact) mass is 393 g/mol. The number of hydrogen-bond acceptors (Lipinski definition) is 4. The normalized spacial score (nSPS) is 13.9. The second-order valence-electron chi connectivity index (χ2n) is 6.37. The Labute approximate surface area is 153 Å². The van der Waals surface area contributed by atoms with Crippen molar-refractivity contribution in [3.8, 4) is 16.9 Å². The molecule has 0 amide bonds. The van der Waals surface area contributed by atoms with Crippen molar-refractivity contribution in [2.45, 2.75) is 24.0 Å². The summed E-state index contributed by atoms with van der Waals surface area (Å²) in [5.41, 5.74) is 1.51. The summed E-state index contributed by atoms with van der Waals surface area (Å²) in [4.78, 5) is 3.87. The van der Waals surface area contributed by atoms with Gasteiger partial charge >= 0.3 is 6.18 Å². The van der Waals surface area contributed by atoms with Gasteiger partial charge in [-0.25, -0.2) is 18.1 Å². The first-order valence-corrected chi connectivity index (χ1v) is 9.99. The van der Waals surface area contributed by atoms with Gasteiger partial charge < -0.3 is 0 Å². The highest BCUT2D eigenvalue weighted by molar-refractivity contribution is 7.90. The maximum atomic E-state index is 13.5. The van der Waals surface area contributed by atoms with E-state index in [-0.39, 0.29) is 22.7 Å². The van der Waals surface area contributed by atoms with E-state index in [0.717, 1.165) is 11.8 Å². The molecular formula is C18H14F3N3O2S. The molecule has 2 heterocycles. The van der Waals surface area contributed by atoms with Crippen LogP contribution in [0, 0.1) is 0 Å². The van der Waals surface area contributed by atoms with Crippen molar-refractivity contribution in [2.24, 2.45) is 0 Å². The standard InChI is InChI=1S/C18H14F3N3O2S/c1-27(25,26)15-9-7-12(10-22-15)24-16-13-5-3-2-4-11(13)6-8-14(16)17(23-24)18(19,20)21/h2-5,7,9-10H,6,8H2,1H3. The lowest BCUT2D eigenvalue weighted by atomic mass is 9.89. The number of sulfone groups is 1. The number of hydrogen-bond donors (Lipinski definition) is 0. The molecule has 140 valence electrons. The number of rotatable bonds is 2. The third kappa shape index (κ3) is 3.01. The molecule has 0 N–H and O–H groups in total. The Balaban J connectivity index is 1.96. The van der Waals surface area contributed by atoms with Crippen molar-refractivity contribution in [1.82, 2.24) is 14.8 Å². The predicted molar refractivity (Wildman–Crippen MR) is 92.3 cm³/mol. The zero-order valence-electron chi connectivity index (χ0n) is 14.2. The van der Waals surface area contributed by atoms with Crippen LogP contribution in [0.5, 0.6) is 0 Å². The Hall–Kier alpha value is -2.68. The highest BCUT2D eigenvalue weighted by atomic mass is 32.2. The summed E-state index contributed by atoms with van der Waals surface area (Å²) in [7, 11) is -3.51. The molecule has 1 aromatic carbocycles. The molecular weight excluding hydrogens is 379 g/mol. The van der Waals surface area contributed by atoms with Gasteiger partial charge in [0.25, 0.3) is 0 Å². The van der Waals surface area contributed by atoms with Gasteiger partial charge in [0.15, 0.2) is 20.6 Å². The highest BCUT2D eigenvalue weighted by Gasteiger charge is 2.40. The van der Waals surface area contributed by atoms with Gasteiger partial charge in [-0.05, 0) is 30.5 Å². The smallest absolute Gasteiger partial charge is 0.242 e. The molecule has 0 saturated heterocycles. The summed E-state index contributed by atoms with van der Waals surface area (Å²) in [6, 6.07) is 9.94. The number of alkyl halides is 3. The number of nitrogens with zero attached hydrogens (tertiary/aromatic N) is 3. The van der Waals surface area contributed by atoms with Crippen LogP contribution in [-0.2, 0) is 28.9 Å². The molecule has 0 fully saturated rings. The van der Waals surface area contributed by atoms with Gasteiger partial charge in [0.05, 0.1) is 17.6 Å². The van der Waals surface area contributed by atoms with Crippen LogP contribution < -0.4 is 0 Å². The molecule has 2 aromatic heterocycles. The molecule has 0 bridgehead atoms. The van der Waals surface area contributed by atoms with Crippen molar-refractivity contribution < 1.29 is 21.6 Å². The van der Waals surface area contributed by atoms with Gasteiger partial charge in [0.2, 0.25) is 0 Å². The third-order valence-electron chi connectivity index (χ3n) is 4.51. The second-order valence-corrected chi connectivity index (χ2v) is 8.33. The van der Waals surface area contributed by atoms with Crippen molar-refractivity contribution >= 4 is 9.84 Å². The number of benzene rings is 1. The zero-order valence-corrected chi connectivity index (χ0v) is 15.0. The minimum atomic E-state index is -4.58. The lowest BCUT2D eigenvalue weighted by Gasteiger charge is -2.19. The van der Waals surface area contributed by atoms with Gasteiger partial charge in [0.1, 0.15) is 0 Å². The molecule has 1 aliphatic rings. The lowest BCUT2D eigenvalue weighted by Crippen LogP contribution is -2.11. The Morgan fingerprint density at radius 2 is 1.81 bits per heavy atom. The van der Waals surface area contributed by atoms with Crippen LogP contribution in [-0.4, -0.2) is 29.4 Å². The first kappa shape index (κ1) is 17.7. The van der Waals surface area contributed by atoms with Gasteiger partial charge in [-0.1, -0.05) is 24.3 Å². The van der Waals surface area contributed by atoms with E-state index < -0.39 is 21.7 Å². The largest absolute Gasteiger partial charge is 0.435 e. The van der Waals surface area contributed by atoms with Crippen LogP contribution in [0.2, 0.25) is 0 Å². The SMILES string of the molecule is CS(=O)(=O)c1ccc(-n2nc(C(F)(F)F)c3c2-c2ccccc2CC3)cn1. The average Bonchev–Trinajstić information content (AvgIpc) is 3.01. The lowest BCUT2D eigenvalue weighted by molar-refractivity contribution is -0.141. The van der Waals surface area contributed by atoms with Crippen molar-refractivity contribution in [1.29, 1.82) is 0 Å². The van der Waals surface area contributed by atoms with E-state index in [1.165, 1.54) is 23.0 Å². The molecule has 0 radical (unpaired) electrons. The summed E-state index contributed by atoms with van der Waals surface area (Å²) < 4.78 is 65.0. The van der Waals surface area contributed by atoms with Crippen LogP contribution >= 0.6 is 0 Å². The van der Waals surface area contributed by atoms with Crippen LogP contribution in [0.1, 0.15) is 16.8 Å². The van der Waals surface area contributed by atoms with E-state index in [9.17, 15) is 21.6 Å². The Morgan fingerprint density at radius 1 is 1.07 bits per heavy atom. The van der Waals surface area contributed by atoms with Crippen molar-refractivity contribution in [3.05, 3.63) is 59.4 Å². The predicted octanol–water partition coefficient (Wildman–Crippen LogP) is 3.46. The Kier molecular flexibility index (Phi) is 3.88. The van der Waals surface area contributed by atoms with Gasteiger partial charge in [-0.15, -0.1) is 0 Å². The van der Waals surface area contributed by atoms with Crippen LogP contribution in [0.3, 0.4) is 0 Å². The summed E-state index contributed by atoms with van der Waals surface area (Å²) in [5, 5.41) is 3.68. The molecule has 0 unspecified atom stereocenters. The van der Waals surface area contributed by atoms with Crippen LogP contribution in [0.25, 0.3) is 16.9 Å². The van der Waals surface area contributed by atoms with E-state index in [1.54, 1.807) is 12.1 Å². The average molecular weight is 393 g/mol. The molecule has 0 saturated carbocycles. The van der Waals surface area contributed by atoms with Gasteiger partial charge in [-0.3, -0.25) is 0 Å². The number of aromatic nitrogens is 3. The quantitative estimate of drug-likeness (QED) is 0.669. The Bertz CT molecular complexity index is 1130. The molecule has 9 heteroatoms. The van der Waals surface area contributed by atoms with Gasteiger partial charge in [-0.2, -0.15) is 18.3 Å².